The van der Waals surface area contributed by atoms with Crippen molar-refractivity contribution in [2.75, 3.05) is 19.6 Å². The van der Waals surface area contributed by atoms with Gasteiger partial charge in [-0.1, -0.05) is 18.2 Å². The summed E-state index contributed by atoms with van der Waals surface area (Å²) < 4.78 is 4.36. The van der Waals surface area contributed by atoms with Crippen molar-refractivity contribution in [3.8, 4) is 0 Å². The fourth-order valence-electron chi connectivity index (χ4n) is 3.87. The Hall–Kier alpha value is -3.35. The normalized spacial score (nSPS) is 12.0. The van der Waals surface area contributed by atoms with Gasteiger partial charge in [0.1, 0.15) is 11.5 Å². The number of benzene rings is 1. The highest BCUT2D eigenvalue weighted by Crippen LogP contribution is 2.15. The number of hydrogen-bond donors (Lipinski definition) is 2. The smallest absolute Gasteiger partial charge is 0.191 e. The molecule has 0 unspecified atom stereocenters. The Labute approximate surface area is 183 Å². The molecule has 0 saturated heterocycles. The molecule has 7 nitrogen and oxygen atoms in total. The van der Waals surface area contributed by atoms with Gasteiger partial charge in [-0.25, -0.2) is 9.97 Å². The highest BCUT2D eigenvalue weighted by atomic mass is 15.2. The Balaban J connectivity index is 1.30. The molecule has 7 heteroatoms. The number of aliphatic imine (C=N–C) groups is 1. The number of rotatable bonds is 8. The average molecular weight is 418 g/mol. The second kappa shape index (κ2) is 9.64. The molecule has 4 rings (SSSR count). The molecule has 0 saturated carbocycles. The first-order valence-electron chi connectivity index (χ1n) is 11.0. The van der Waals surface area contributed by atoms with Crippen molar-refractivity contribution < 1.29 is 0 Å². The molecule has 4 aromatic rings. The number of imidazole rings is 2. The number of hydrogen-bond acceptors (Lipinski definition) is 3. The van der Waals surface area contributed by atoms with Crippen molar-refractivity contribution >= 4 is 22.6 Å². The lowest BCUT2D eigenvalue weighted by molar-refractivity contribution is 0.645. The number of pyridine rings is 1. The van der Waals surface area contributed by atoms with Gasteiger partial charge < -0.3 is 19.6 Å². The lowest BCUT2D eigenvalue weighted by Crippen LogP contribution is -2.38. The van der Waals surface area contributed by atoms with E-state index >= 15 is 0 Å². The molecule has 0 spiro atoms. The number of fused-ring (bicyclic) bond motifs is 2. The van der Waals surface area contributed by atoms with Gasteiger partial charge in [-0.15, -0.1) is 0 Å². The lowest BCUT2D eigenvalue weighted by Gasteiger charge is -2.11. The average Bonchev–Trinajstić information content (AvgIpc) is 3.32. The first kappa shape index (κ1) is 20.9. The molecule has 1 aromatic carbocycles. The van der Waals surface area contributed by atoms with E-state index < -0.39 is 0 Å². The molecule has 0 radical (unpaired) electrons. The van der Waals surface area contributed by atoms with E-state index in [1.807, 2.05) is 12.3 Å². The van der Waals surface area contributed by atoms with Crippen molar-refractivity contribution in [2.45, 2.75) is 40.2 Å². The third kappa shape index (κ3) is 4.87. The van der Waals surface area contributed by atoms with Crippen LogP contribution < -0.4 is 10.6 Å². The van der Waals surface area contributed by atoms with E-state index in [1.54, 1.807) is 0 Å². The first-order valence-corrected chi connectivity index (χ1v) is 11.0. The van der Waals surface area contributed by atoms with Crippen LogP contribution in [0.2, 0.25) is 0 Å². The van der Waals surface area contributed by atoms with E-state index in [0.717, 1.165) is 67.7 Å². The Morgan fingerprint density at radius 1 is 1.06 bits per heavy atom. The number of nitrogens with one attached hydrogen (secondary N) is 2. The maximum Gasteiger partial charge on any atom is 0.191 e. The predicted octanol–water partition coefficient (Wildman–Crippen LogP) is 3.49. The zero-order chi connectivity index (χ0) is 21.6. The number of aromatic nitrogens is 4. The van der Waals surface area contributed by atoms with Crippen molar-refractivity contribution in [1.82, 2.24) is 29.6 Å². The van der Waals surface area contributed by atoms with Gasteiger partial charge in [-0.05, 0) is 51.0 Å². The highest BCUT2D eigenvalue weighted by Gasteiger charge is 2.07. The van der Waals surface area contributed by atoms with Gasteiger partial charge in [0.25, 0.3) is 0 Å². The van der Waals surface area contributed by atoms with E-state index in [4.69, 9.17) is 9.98 Å². The lowest BCUT2D eigenvalue weighted by atomic mass is 10.3. The first-order chi connectivity index (χ1) is 15.2. The minimum Gasteiger partial charge on any atom is -0.357 e. The standard InChI is InChI=1S/C24H31N7/c1-4-25-24(27-14-12-20-17-30-15-7-9-18(2)23(30)29-20)26-13-8-16-31-19(3)28-21-10-5-6-11-22(21)31/h5-7,9-11,15,17H,4,8,12-14,16H2,1-3H3,(H2,25,26,27). The quantitative estimate of drug-likeness (QED) is 0.262. The van der Waals surface area contributed by atoms with Crippen molar-refractivity contribution in [3.05, 3.63) is 65.9 Å². The van der Waals surface area contributed by atoms with E-state index in [9.17, 15) is 0 Å². The summed E-state index contributed by atoms with van der Waals surface area (Å²) in [7, 11) is 0. The van der Waals surface area contributed by atoms with E-state index in [2.05, 4.69) is 81.9 Å². The Morgan fingerprint density at radius 3 is 2.77 bits per heavy atom. The van der Waals surface area contributed by atoms with Crippen LogP contribution in [0.25, 0.3) is 16.7 Å². The second-order valence-electron chi connectivity index (χ2n) is 7.74. The fraction of sp³-hybridized carbons (Fsp3) is 0.375. The van der Waals surface area contributed by atoms with Crippen LogP contribution in [0.3, 0.4) is 0 Å². The van der Waals surface area contributed by atoms with Gasteiger partial charge >= 0.3 is 0 Å². The summed E-state index contributed by atoms with van der Waals surface area (Å²) in [4.78, 5) is 14.1. The summed E-state index contributed by atoms with van der Waals surface area (Å²) >= 11 is 0. The molecule has 162 valence electrons. The van der Waals surface area contributed by atoms with Gasteiger partial charge in [0.15, 0.2) is 5.96 Å². The number of guanidine groups is 1. The van der Waals surface area contributed by atoms with Crippen LogP contribution in [0.1, 0.15) is 30.4 Å². The molecule has 0 aliphatic heterocycles. The summed E-state index contributed by atoms with van der Waals surface area (Å²) in [5, 5.41) is 6.77. The van der Waals surface area contributed by atoms with Crippen molar-refractivity contribution in [1.29, 1.82) is 0 Å². The Kier molecular flexibility index (Phi) is 6.50. The van der Waals surface area contributed by atoms with Gasteiger partial charge in [-0.3, -0.25) is 4.99 Å². The van der Waals surface area contributed by atoms with Gasteiger partial charge in [0.2, 0.25) is 0 Å². The summed E-state index contributed by atoms with van der Waals surface area (Å²) in [5.41, 5.74) is 5.55. The molecule has 0 amide bonds. The topological polar surface area (TPSA) is 71.5 Å². The highest BCUT2D eigenvalue weighted by molar-refractivity contribution is 5.79. The Bertz CT molecular complexity index is 1190. The van der Waals surface area contributed by atoms with Gasteiger partial charge in [-0.2, -0.15) is 0 Å². The molecule has 3 aromatic heterocycles. The molecule has 0 fully saturated rings. The zero-order valence-electron chi connectivity index (χ0n) is 18.6. The van der Waals surface area contributed by atoms with Crippen LogP contribution in [-0.4, -0.2) is 44.5 Å². The summed E-state index contributed by atoms with van der Waals surface area (Å²) in [6.07, 6.45) is 5.96. The van der Waals surface area contributed by atoms with E-state index in [0.29, 0.717) is 0 Å². The number of nitrogens with zero attached hydrogens (tertiary/aromatic N) is 5. The van der Waals surface area contributed by atoms with Crippen LogP contribution in [0, 0.1) is 13.8 Å². The third-order valence-electron chi connectivity index (χ3n) is 5.40. The minimum atomic E-state index is 0.759. The molecule has 3 heterocycles. The van der Waals surface area contributed by atoms with E-state index in [1.165, 1.54) is 11.1 Å². The van der Waals surface area contributed by atoms with Gasteiger partial charge in [0, 0.05) is 45.0 Å². The molecule has 0 atom stereocenters. The molecular weight excluding hydrogens is 386 g/mol. The molecule has 0 aliphatic rings. The second-order valence-corrected chi connectivity index (χ2v) is 7.74. The molecule has 0 bridgehead atoms. The summed E-state index contributed by atoms with van der Waals surface area (Å²) in [6, 6.07) is 12.4. The van der Waals surface area contributed by atoms with Crippen LogP contribution >= 0.6 is 0 Å². The SMILES string of the molecule is CCNC(=NCCCn1c(C)nc2ccccc21)NCCc1cn2cccc(C)c2n1. The van der Waals surface area contributed by atoms with Gasteiger partial charge in [0.05, 0.1) is 16.7 Å². The fourth-order valence-corrected chi connectivity index (χ4v) is 3.87. The van der Waals surface area contributed by atoms with Crippen LogP contribution in [0.4, 0.5) is 0 Å². The van der Waals surface area contributed by atoms with E-state index in [-0.39, 0.29) is 0 Å². The Morgan fingerprint density at radius 2 is 1.94 bits per heavy atom. The van der Waals surface area contributed by atoms with Crippen LogP contribution in [0.5, 0.6) is 0 Å². The van der Waals surface area contributed by atoms with Crippen LogP contribution in [-0.2, 0) is 13.0 Å². The molecular formula is C24H31N7. The molecule has 0 aliphatic carbocycles. The zero-order valence-corrected chi connectivity index (χ0v) is 18.6. The summed E-state index contributed by atoms with van der Waals surface area (Å²) in [6.45, 7) is 9.54. The third-order valence-corrected chi connectivity index (χ3v) is 5.40. The minimum absolute atomic E-state index is 0.759. The molecule has 31 heavy (non-hydrogen) atoms. The predicted molar refractivity (Wildman–Crippen MR) is 127 cm³/mol. The maximum absolute atomic E-state index is 4.75. The number of para-hydroxylation sites is 2. The molecule has 2 N–H and O–H groups in total. The van der Waals surface area contributed by atoms with Crippen molar-refractivity contribution in [3.63, 3.8) is 0 Å². The largest absolute Gasteiger partial charge is 0.357 e. The number of aryl methyl sites for hydroxylation is 3. The van der Waals surface area contributed by atoms with Crippen LogP contribution in [0.15, 0.2) is 53.8 Å². The summed E-state index contributed by atoms with van der Waals surface area (Å²) in [5.74, 6) is 1.91. The maximum atomic E-state index is 4.75. The van der Waals surface area contributed by atoms with Crippen molar-refractivity contribution in [2.24, 2.45) is 4.99 Å². The monoisotopic (exact) mass is 417 g/mol.